The Morgan fingerprint density at radius 3 is 2.41 bits per heavy atom. The number of methoxy groups -OCH3 is 1. The molecule has 0 aliphatic heterocycles. The maximum absolute atomic E-state index is 12.4. The summed E-state index contributed by atoms with van der Waals surface area (Å²) >= 11 is 0. The standard InChI is InChI=1S/C22H23N3O2/c1-15-7-6-8-16(2)21(15)25-20-12-11-18(14-23-20)22(26)24-13-17-9-4-5-10-19(17)27-3/h4-12,14H,13H2,1-3H3,(H,23,25)(H,24,26). The molecule has 0 bridgehead atoms. The molecule has 3 rings (SSSR count). The normalized spacial score (nSPS) is 10.3. The Labute approximate surface area is 159 Å². The second-order valence-electron chi connectivity index (χ2n) is 6.32. The van der Waals surface area contributed by atoms with E-state index in [1.165, 1.54) is 0 Å². The van der Waals surface area contributed by atoms with Crippen LogP contribution in [0.5, 0.6) is 5.75 Å². The Hall–Kier alpha value is -3.34. The van der Waals surface area contributed by atoms with Crippen LogP contribution in [0.25, 0.3) is 0 Å². The van der Waals surface area contributed by atoms with Crippen LogP contribution in [0.15, 0.2) is 60.8 Å². The van der Waals surface area contributed by atoms with Crippen molar-refractivity contribution in [3.8, 4) is 5.75 Å². The molecule has 1 amide bonds. The van der Waals surface area contributed by atoms with Gasteiger partial charge in [-0.05, 0) is 43.2 Å². The van der Waals surface area contributed by atoms with E-state index in [9.17, 15) is 4.79 Å². The highest BCUT2D eigenvalue weighted by atomic mass is 16.5. The molecule has 0 radical (unpaired) electrons. The van der Waals surface area contributed by atoms with Crippen molar-refractivity contribution < 1.29 is 9.53 Å². The highest BCUT2D eigenvalue weighted by Gasteiger charge is 2.09. The van der Waals surface area contributed by atoms with Crippen LogP contribution >= 0.6 is 0 Å². The lowest BCUT2D eigenvalue weighted by Gasteiger charge is -2.12. The van der Waals surface area contributed by atoms with Gasteiger partial charge in [-0.15, -0.1) is 0 Å². The third kappa shape index (κ3) is 4.44. The maximum atomic E-state index is 12.4. The van der Waals surface area contributed by atoms with E-state index < -0.39 is 0 Å². The number of rotatable bonds is 6. The van der Waals surface area contributed by atoms with Crippen molar-refractivity contribution in [1.29, 1.82) is 0 Å². The molecule has 2 aromatic carbocycles. The van der Waals surface area contributed by atoms with E-state index in [-0.39, 0.29) is 5.91 Å². The number of carbonyl (C=O) groups excluding carboxylic acids is 1. The van der Waals surface area contributed by atoms with E-state index in [2.05, 4.69) is 41.6 Å². The van der Waals surface area contributed by atoms with Gasteiger partial charge in [0.1, 0.15) is 11.6 Å². The number of hydrogen-bond acceptors (Lipinski definition) is 4. The number of benzene rings is 2. The Morgan fingerprint density at radius 2 is 1.74 bits per heavy atom. The van der Waals surface area contributed by atoms with E-state index in [4.69, 9.17) is 4.74 Å². The molecule has 0 fully saturated rings. The quantitative estimate of drug-likeness (QED) is 0.684. The molecule has 27 heavy (non-hydrogen) atoms. The summed E-state index contributed by atoms with van der Waals surface area (Å²) in [5.74, 6) is 1.28. The number of para-hydroxylation sites is 2. The predicted octanol–water partition coefficient (Wildman–Crippen LogP) is 4.38. The van der Waals surface area contributed by atoms with E-state index in [0.717, 1.165) is 28.1 Å². The summed E-state index contributed by atoms with van der Waals surface area (Å²) in [4.78, 5) is 16.8. The van der Waals surface area contributed by atoms with Gasteiger partial charge in [-0.3, -0.25) is 4.79 Å². The summed E-state index contributed by atoms with van der Waals surface area (Å²) < 4.78 is 5.30. The van der Waals surface area contributed by atoms with Gasteiger partial charge >= 0.3 is 0 Å². The second kappa shape index (κ2) is 8.36. The van der Waals surface area contributed by atoms with Crippen LogP contribution in [-0.2, 0) is 6.54 Å². The average molecular weight is 361 g/mol. The lowest BCUT2D eigenvalue weighted by molar-refractivity contribution is 0.0950. The largest absolute Gasteiger partial charge is 0.496 e. The van der Waals surface area contributed by atoms with E-state index in [1.807, 2.05) is 36.4 Å². The Bertz CT molecular complexity index is 916. The molecule has 0 saturated carbocycles. The van der Waals surface area contributed by atoms with Crippen LogP contribution in [0.1, 0.15) is 27.0 Å². The Kier molecular flexibility index (Phi) is 5.71. The third-order valence-corrected chi connectivity index (χ3v) is 4.39. The zero-order valence-corrected chi connectivity index (χ0v) is 15.7. The van der Waals surface area contributed by atoms with Gasteiger partial charge in [0.15, 0.2) is 0 Å². The van der Waals surface area contributed by atoms with Crippen LogP contribution in [0.3, 0.4) is 0 Å². The minimum Gasteiger partial charge on any atom is -0.496 e. The smallest absolute Gasteiger partial charge is 0.253 e. The molecule has 5 nitrogen and oxygen atoms in total. The van der Waals surface area contributed by atoms with Crippen molar-refractivity contribution in [2.24, 2.45) is 0 Å². The molecule has 1 heterocycles. The van der Waals surface area contributed by atoms with Crippen LogP contribution in [0, 0.1) is 13.8 Å². The summed E-state index contributed by atoms with van der Waals surface area (Å²) in [7, 11) is 1.62. The summed E-state index contributed by atoms with van der Waals surface area (Å²) in [5.41, 5.74) is 4.77. The molecule has 0 unspecified atom stereocenters. The summed E-state index contributed by atoms with van der Waals surface area (Å²) in [6.45, 7) is 4.50. The predicted molar refractivity (Wildman–Crippen MR) is 108 cm³/mol. The van der Waals surface area contributed by atoms with Crippen molar-refractivity contribution in [2.45, 2.75) is 20.4 Å². The first kappa shape index (κ1) is 18.5. The van der Waals surface area contributed by atoms with Crippen molar-refractivity contribution in [2.75, 3.05) is 12.4 Å². The number of aromatic nitrogens is 1. The number of nitrogens with one attached hydrogen (secondary N) is 2. The molecule has 0 atom stereocenters. The fraction of sp³-hybridized carbons (Fsp3) is 0.182. The fourth-order valence-corrected chi connectivity index (χ4v) is 2.87. The zero-order valence-electron chi connectivity index (χ0n) is 15.7. The highest BCUT2D eigenvalue weighted by molar-refractivity contribution is 5.94. The molecule has 0 aliphatic rings. The first-order valence-corrected chi connectivity index (χ1v) is 8.78. The van der Waals surface area contributed by atoms with Crippen LogP contribution in [0.2, 0.25) is 0 Å². The first-order chi connectivity index (χ1) is 13.1. The third-order valence-electron chi connectivity index (χ3n) is 4.39. The Morgan fingerprint density at radius 1 is 1.00 bits per heavy atom. The van der Waals surface area contributed by atoms with Gasteiger partial charge in [-0.1, -0.05) is 36.4 Å². The molecule has 2 N–H and O–H groups in total. The lowest BCUT2D eigenvalue weighted by atomic mass is 10.1. The van der Waals surface area contributed by atoms with Crippen LogP contribution < -0.4 is 15.4 Å². The number of carbonyl (C=O) groups is 1. The van der Waals surface area contributed by atoms with E-state index >= 15 is 0 Å². The van der Waals surface area contributed by atoms with E-state index in [0.29, 0.717) is 17.9 Å². The van der Waals surface area contributed by atoms with Crippen LogP contribution in [-0.4, -0.2) is 18.0 Å². The molecule has 138 valence electrons. The summed E-state index contributed by atoms with van der Waals surface area (Å²) in [6.07, 6.45) is 1.58. The number of hydrogen-bond donors (Lipinski definition) is 2. The SMILES string of the molecule is COc1ccccc1CNC(=O)c1ccc(Nc2c(C)cccc2C)nc1. The lowest BCUT2D eigenvalue weighted by Crippen LogP contribution is -2.23. The van der Waals surface area contributed by atoms with Gasteiger partial charge in [-0.25, -0.2) is 4.98 Å². The van der Waals surface area contributed by atoms with Gasteiger partial charge in [0.25, 0.3) is 5.91 Å². The minimum atomic E-state index is -0.174. The number of aryl methyl sites for hydroxylation is 2. The molecule has 0 aliphatic carbocycles. The average Bonchev–Trinajstić information content (AvgIpc) is 2.69. The fourth-order valence-electron chi connectivity index (χ4n) is 2.87. The van der Waals surface area contributed by atoms with Gasteiger partial charge in [0.2, 0.25) is 0 Å². The molecule has 5 heteroatoms. The number of ether oxygens (including phenoxy) is 1. The van der Waals surface area contributed by atoms with Crippen LogP contribution in [0.4, 0.5) is 11.5 Å². The molecule has 0 spiro atoms. The maximum Gasteiger partial charge on any atom is 0.253 e. The monoisotopic (exact) mass is 361 g/mol. The number of pyridine rings is 1. The van der Waals surface area contributed by atoms with Gasteiger partial charge in [-0.2, -0.15) is 0 Å². The molecule has 3 aromatic rings. The highest BCUT2D eigenvalue weighted by Crippen LogP contribution is 2.23. The minimum absolute atomic E-state index is 0.174. The summed E-state index contributed by atoms with van der Waals surface area (Å²) in [6, 6.07) is 17.3. The molecular weight excluding hydrogens is 338 g/mol. The van der Waals surface area contributed by atoms with Crippen molar-refractivity contribution in [3.63, 3.8) is 0 Å². The number of amides is 1. The Balaban J connectivity index is 1.65. The van der Waals surface area contributed by atoms with Gasteiger partial charge in [0, 0.05) is 24.0 Å². The first-order valence-electron chi connectivity index (χ1n) is 8.78. The number of nitrogens with zero attached hydrogens (tertiary/aromatic N) is 1. The van der Waals surface area contributed by atoms with E-state index in [1.54, 1.807) is 19.4 Å². The summed E-state index contributed by atoms with van der Waals surface area (Å²) in [5, 5.41) is 6.22. The van der Waals surface area contributed by atoms with Crippen molar-refractivity contribution in [3.05, 3.63) is 83.0 Å². The van der Waals surface area contributed by atoms with Crippen molar-refractivity contribution in [1.82, 2.24) is 10.3 Å². The topological polar surface area (TPSA) is 63.2 Å². The van der Waals surface area contributed by atoms with Gasteiger partial charge < -0.3 is 15.4 Å². The van der Waals surface area contributed by atoms with Gasteiger partial charge in [0.05, 0.1) is 12.7 Å². The molecule has 0 saturated heterocycles. The zero-order chi connectivity index (χ0) is 19.2. The second-order valence-corrected chi connectivity index (χ2v) is 6.32. The number of anilines is 2. The van der Waals surface area contributed by atoms with Crippen molar-refractivity contribution >= 4 is 17.4 Å². The molecule has 1 aromatic heterocycles. The molecular formula is C22H23N3O2.